The van der Waals surface area contributed by atoms with E-state index in [1.807, 2.05) is 19.4 Å². The van der Waals surface area contributed by atoms with Crippen LogP contribution in [0.25, 0.3) is 0 Å². The molecule has 1 N–H and O–H groups in total. The number of hydrogen-bond donors (Lipinski definition) is 1. The molecule has 0 saturated carbocycles. The Hall–Kier alpha value is -1.95. The standard InChI is InChI=1S/C12H13N3O2S/c1-8-12(18-7-13-8)9(2)14-10-3-5-11(6-4-10)15(16)17/h3-7,9,14H,1-2H3. The van der Waals surface area contributed by atoms with Crippen LogP contribution in [-0.2, 0) is 0 Å². The second-order valence-corrected chi connectivity index (χ2v) is 4.86. The number of nitro benzene ring substituents is 1. The van der Waals surface area contributed by atoms with Gasteiger partial charge in [0.2, 0.25) is 0 Å². The van der Waals surface area contributed by atoms with Gasteiger partial charge in [-0.1, -0.05) is 0 Å². The van der Waals surface area contributed by atoms with E-state index in [0.29, 0.717) is 0 Å². The predicted octanol–water partition coefficient (Wildman–Crippen LogP) is 3.53. The van der Waals surface area contributed by atoms with E-state index in [2.05, 4.69) is 10.3 Å². The number of rotatable bonds is 4. The van der Waals surface area contributed by atoms with Gasteiger partial charge in [0.1, 0.15) is 0 Å². The van der Waals surface area contributed by atoms with Crippen LogP contribution >= 0.6 is 11.3 Å². The molecular formula is C12H13N3O2S. The lowest BCUT2D eigenvalue weighted by Gasteiger charge is -2.14. The molecule has 0 fully saturated rings. The largest absolute Gasteiger partial charge is 0.378 e. The molecule has 0 bridgehead atoms. The van der Waals surface area contributed by atoms with E-state index < -0.39 is 4.92 Å². The monoisotopic (exact) mass is 263 g/mol. The topological polar surface area (TPSA) is 68.1 Å². The summed E-state index contributed by atoms with van der Waals surface area (Å²) in [5, 5.41) is 13.8. The third kappa shape index (κ3) is 2.65. The van der Waals surface area contributed by atoms with Crippen LogP contribution in [0.1, 0.15) is 23.5 Å². The normalized spacial score (nSPS) is 12.1. The number of aromatic nitrogens is 1. The Morgan fingerprint density at radius 2 is 2.06 bits per heavy atom. The zero-order valence-electron chi connectivity index (χ0n) is 10.1. The number of nitrogens with zero attached hydrogens (tertiary/aromatic N) is 2. The molecule has 18 heavy (non-hydrogen) atoms. The van der Waals surface area contributed by atoms with E-state index in [0.717, 1.165) is 11.4 Å². The molecule has 1 aromatic carbocycles. The lowest BCUT2D eigenvalue weighted by Crippen LogP contribution is -2.06. The van der Waals surface area contributed by atoms with Crippen molar-refractivity contribution in [3.8, 4) is 0 Å². The SMILES string of the molecule is Cc1ncsc1C(C)Nc1ccc([N+](=O)[O-])cc1. The summed E-state index contributed by atoms with van der Waals surface area (Å²) >= 11 is 1.60. The van der Waals surface area contributed by atoms with E-state index in [-0.39, 0.29) is 11.7 Å². The van der Waals surface area contributed by atoms with Crippen LogP contribution in [0.3, 0.4) is 0 Å². The fourth-order valence-corrected chi connectivity index (χ4v) is 2.53. The van der Waals surface area contributed by atoms with E-state index >= 15 is 0 Å². The van der Waals surface area contributed by atoms with Gasteiger partial charge in [-0.2, -0.15) is 0 Å². The van der Waals surface area contributed by atoms with E-state index in [4.69, 9.17) is 0 Å². The maximum atomic E-state index is 10.5. The quantitative estimate of drug-likeness (QED) is 0.676. The molecule has 5 nitrogen and oxygen atoms in total. The molecule has 0 aliphatic rings. The summed E-state index contributed by atoms with van der Waals surface area (Å²) in [7, 11) is 0. The number of benzene rings is 1. The Kier molecular flexibility index (Phi) is 3.57. The van der Waals surface area contributed by atoms with Crippen molar-refractivity contribution >= 4 is 22.7 Å². The van der Waals surface area contributed by atoms with Gasteiger partial charge in [0, 0.05) is 22.7 Å². The maximum absolute atomic E-state index is 10.5. The third-order valence-corrected chi connectivity index (χ3v) is 3.75. The fraction of sp³-hybridized carbons (Fsp3) is 0.250. The highest BCUT2D eigenvalue weighted by Gasteiger charge is 2.11. The highest BCUT2D eigenvalue weighted by atomic mass is 32.1. The van der Waals surface area contributed by atoms with Crippen molar-refractivity contribution in [1.82, 2.24) is 4.98 Å². The van der Waals surface area contributed by atoms with Crippen molar-refractivity contribution in [1.29, 1.82) is 0 Å². The van der Waals surface area contributed by atoms with Crippen LogP contribution in [0.2, 0.25) is 0 Å². The molecular weight excluding hydrogens is 250 g/mol. The Morgan fingerprint density at radius 3 is 2.56 bits per heavy atom. The molecule has 94 valence electrons. The van der Waals surface area contributed by atoms with Gasteiger partial charge in [0.15, 0.2) is 0 Å². The van der Waals surface area contributed by atoms with Gasteiger partial charge in [-0.05, 0) is 26.0 Å². The number of nitrogens with one attached hydrogen (secondary N) is 1. The van der Waals surface area contributed by atoms with Crippen molar-refractivity contribution in [3.05, 3.63) is 50.5 Å². The Bertz CT molecular complexity index is 551. The first kappa shape index (κ1) is 12.5. The van der Waals surface area contributed by atoms with Gasteiger partial charge >= 0.3 is 0 Å². The molecule has 2 aromatic rings. The Morgan fingerprint density at radius 1 is 1.39 bits per heavy atom. The molecule has 6 heteroatoms. The van der Waals surface area contributed by atoms with Crippen LogP contribution in [0.15, 0.2) is 29.8 Å². The third-order valence-electron chi connectivity index (χ3n) is 2.64. The maximum Gasteiger partial charge on any atom is 0.269 e. The van der Waals surface area contributed by atoms with Gasteiger partial charge in [-0.3, -0.25) is 10.1 Å². The van der Waals surface area contributed by atoms with Crippen LogP contribution in [0.4, 0.5) is 11.4 Å². The molecule has 0 spiro atoms. The molecule has 0 aliphatic heterocycles. The van der Waals surface area contributed by atoms with Crippen molar-refractivity contribution in [2.24, 2.45) is 0 Å². The second-order valence-electron chi connectivity index (χ2n) is 3.97. The average Bonchev–Trinajstić information content (AvgIpc) is 2.76. The summed E-state index contributed by atoms with van der Waals surface area (Å²) in [6.07, 6.45) is 0. The van der Waals surface area contributed by atoms with Crippen molar-refractivity contribution in [3.63, 3.8) is 0 Å². The number of non-ortho nitro benzene ring substituents is 1. The summed E-state index contributed by atoms with van der Waals surface area (Å²) in [6, 6.07) is 6.55. The molecule has 2 rings (SSSR count). The lowest BCUT2D eigenvalue weighted by atomic mass is 10.2. The van der Waals surface area contributed by atoms with Gasteiger partial charge < -0.3 is 5.32 Å². The summed E-state index contributed by atoms with van der Waals surface area (Å²) in [5.41, 5.74) is 3.79. The Labute approximate surface area is 109 Å². The zero-order chi connectivity index (χ0) is 13.1. The average molecular weight is 263 g/mol. The lowest BCUT2D eigenvalue weighted by molar-refractivity contribution is -0.384. The molecule has 0 amide bonds. The summed E-state index contributed by atoms with van der Waals surface area (Å²) in [5.74, 6) is 0. The molecule has 0 radical (unpaired) electrons. The van der Waals surface area contributed by atoms with Crippen LogP contribution in [0, 0.1) is 17.0 Å². The van der Waals surface area contributed by atoms with E-state index in [1.165, 1.54) is 17.0 Å². The molecule has 1 heterocycles. The number of aryl methyl sites for hydroxylation is 1. The molecule has 0 aliphatic carbocycles. The van der Waals surface area contributed by atoms with Crippen LogP contribution < -0.4 is 5.32 Å². The van der Waals surface area contributed by atoms with Crippen molar-refractivity contribution in [2.75, 3.05) is 5.32 Å². The minimum atomic E-state index is -0.402. The second kappa shape index (κ2) is 5.14. The smallest absolute Gasteiger partial charge is 0.269 e. The molecule has 1 atom stereocenters. The molecule has 1 unspecified atom stereocenters. The number of thiazole rings is 1. The molecule has 1 aromatic heterocycles. The summed E-state index contributed by atoms with van der Waals surface area (Å²) in [4.78, 5) is 15.5. The molecule has 0 saturated heterocycles. The zero-order valence-corrected chi connectivity index (χ0v) is 10.9. The summed E-state index contributed by atoms with van der Waals surface area (Å²) in [6.45, 7) is 4.02. The number of anilines is 1. The van der Waals surface area contributed by atoms with Crippen LogP contribution in [-0.4, -0.2) is 9.91 Å². The minimum absolute atomic E-state index is 0.0992. The summed E-state index contributed by atoms with van der Waals surface area (Å²) < 4.78 is 0. The first-order valence-electron chi connectivity index (χ1n) is 5.49. The first-order valence-corrected chi connectivity index (χ1v) is 6.37. The van der Waals surface area contributed by atoms with E-state index in [1.54, 1.807) is 23.5 Å². The minimum Gasteiger partial charge on any atom is -0.378 e. The van der Waals surface area contributed by atoms with Crippen molar-refractivity contribution < 1.29 is 4.92 Å². The number of hydrogen-bond acceptors (Lipinski definition) is 5. The van der Waals surface area contributed by atoms with Gasteiger partial charge in [0.05, 0.1) is 22.2 Å². The van der Waals surface area contributed by atoms with Gasteiger partial charge in [0.25, 0.3) is 5.69 Å². The van der Waals surface area contributed by atoms with Crippen molar-refractivity contribution in [2.45, 2.75) is 19.9 Å². The highest BCUT2D eigenvalue weighted by Crippen LogP contribution is 2.25. The Balaban J connectivity index is 2.10. The van der Waals surface area contributed by atoms with Crippen LogP contribution in [0.5, 0.6) is 0 Å². The van der Waals surface area contributed by atoms with Gasteiger partial charge in [-0.25, -0.2) is 4.98 Å². The highest BCUT2D eigenvalue weighted by molar-refractivity contribution is 7.09. The van der Waals surface area contributed by atoms with Gasteiger partial charge in [-0.15, -0.1) is 11.3 Å². The fourth-order valence-electron chi connectivity index (χ4n) is 1.72. The van der Waals surface area contributed by atoms with E-state index in [9.17, 15) is 10.1 Å². The first-order chi connectivity index (χ1) is 8.58. The predicted molar refractivity (Wildman–Crippen MR) is 72.0 cm³/mol. The number of nitro groups is 1.